The van der Waals surface area contributed by atoms with Crippen LogP contribution in [0.15, 0.2) is 54.9 Å². The normalized spacial score (nSPS) is 18.4. The summed E-state index contributed by atoms with van der Waals surface area (Å²) in [6.07, 6.45) is 1.46. The Labute approximate surface area is 186 Å². The molecule has 0 spiro atoms. The van der Waals surface area contributed by atoms with Crippen LogP contribution in [-0.2, 0) is 6.54 Å². The molecular weight excluding hydrogens is 411 g/mol. The van der Waals surface area contributed by atoms with Gasteiger partial charge in [0, 0.05) is 38.3 Å². The van der Waals surface area contributed by atoms with Crippen LogP contribution >= 0.6 is 0 Å². The molecular formula is C24H25FN4O3. The van der Waals surface area contributed by atoms with Crippen LogP contribution in [0.5, 0.6) is 23.1 Å². The molecule has 1 saturated heterocycles. The van der Waals surface area contributed by atoms with Crippen LogP contribution in [0.2, 0.25) is 0 Å². The van der Waals surface area contributed by atoms with Gasteiger partial charge in [-0.15, -0.1) is 0 Å². The maximum Gasteiger partial charge on any atom is 0.224 e. The minimum atomic E-state index is -0.422. The van der Waals surface area contributed by atoms with E-state index in [9.17, 15) is 4.39 Å². The Balaban J connectivity index is 1.23. The van der Waals surface area contributed by atoms with E-state index < -0.39 is 5.82 Å². The smallest absolute Gasteiger partial charge is 0.224 e. The zero-order valence-corrected chi connectivity index (χ0v) is 17.9. The number of para-hydroxylation sites is 1. The number of benzene rings is 2. The highest BCUT2D eigenvalue weighted by atomic mass is 19.1. The van der Waals surface area contributed by atoms with Gasteiger partial charge in [-0.05, 0) is 36.8 Å². The quantitative estimate of drug-likeness (QED) is 0.601. The Hall–Kier alpha value is -3.39. The average Bonchev–Trinajstić information content (AvgIpc) is 2.82. The molecule has 2 aromatic carbocycles. The predicted octanol–water partition coefficient (Wildman–Crippen LogP) is 3.89. The van der Waals surface area contributed by atoms with Crippen molar-refractivity contribution >= 4 is 5.82 Å². The zero-order valence-electron chi connectivity index (χ0n) is 17.9. The molecule has 2 aliphatic heterocycles. The van der Waals surface area contributed by atoms with Crippen molar-refractivity contribution in [3.05, 3.63) is 66.2 Å². The molecule has 2 aliphatic rings. The summed E-state index contributed by atoms with van der Waals surface area (Å²) in [6, 6.07) is 14.5. The van der Waals surface area contributed by atoms with Crippen LogP contribution in [0.25, 0.3) is 0 Å². The van der Waals surface area contributed by atoms with Gasteiger partial charge in [-0.25, -0.2) is 14.4 Å². The molecule has 0 amide bonds. The lowest BCUT2D eigenvalue weighted by Gasteiger charge is -2.40. The number of halogens is 1. The van der Waals surface area contributed by atoms with Crippen molar-refractivity contribution in [2.75, 3.05) is 37.7 Å². The molecule has 3 heterocycles. The van der Waals surface area contributed by atoms with E-state index in [1.807, 2.05) is 6.07 Å². The number of hydrogen-bond acceptors (Lipinski definition) is 7. The highest BCUT2D eigenvalue weighted by Crippen LogP contribution is 2.32. The van der Waals surface area contributed by atoms with Crippen molar-refractivity contribution in [2.45, 2.75) is 19.5 Å². The van der Waals surface area contributed by atoms with E-state index in [0.717, 1.165) is 43.5 Å². The highest BCUT2D eigenvalue weighted by Gasteiger charge is 2.25. The van der Waals surface area contributed by atoms with Gasteiger partial charge in [0.2, 0.25) is 5.88 Å². The van der Waals surface area contributed by atoms with Gasteiger partial charge in [-0.1, -0.05) is 18.2 Å². The van der Waals surface area contributed by atoms with Crippen molar-refractivity contribution in [2.24, 2.45) is 0 Å². The second-order valence-electron chi connectivity index (χ2n) is 7.99. The van der Waals surface area contributed by atoms with E-state index >= 15 is 0 Å². The summed E-state index contributed by atoms with van der Waals surface area (Å²) in [7, 11) is 0. The Bertz CT molecular complexity index is 1100. The van der Waals surface area contributed by atoms with Crippen molar-refractivity contribution in [1.29, 1.82) is 0 Å². The molecule has 1 fully saturated rings. The fraction of sp³-hybridized carbons (Fsp3) is 0.333. The number of hydrogen-bond donors (Lipinski definition) is 0. The summed E-state index contributed by atoms with van der Waals surface area (Å²) in [5.74, 6) is 2.46. The first-order valence-corrected chi connectivity index (χ1v) is 10.8. The fourth-order valence-corrected chi connectivity index (χ4v) is 4.06. The van der Waals surface area contributed by atoms with Gasteiger partial charge in [0.25, 0.3) is 0 Å². The van der Waals surface area contributed by atoms with E-state index in [1.165, 1.54) is 18.0 Å². The monoisotopic (exact) mass is 436 g/mol. The molecule has 0 aliphatic carbocycles. The van der Waals surface area contributed by atoms with Crippen molar-refractivity contribution in [3.8, 4) is 23.1 Å². The maximum absolute atomic E-state index is 13.9. The molecule has 166 valence electrons. The first-order valence-electron chi connectivity index (χ1n) is 10.8. The number of fused-ring (bicyclic) bond motifs is 1. The summed E-state index contributed by atoms with van der Waals surface area (Å²) in [6.45, 7) is 6.78. The fourth-order valence-electron chi connectivity index (χ4n) is 4.06. The molecule has 32 heavy (non-hydrogen) atoms. The molecule has 1 unspecified atom stereocenters. The van der Waals surface area contributed by atoms with E-state index in [-0.39, 0.29) is 5.75 Å². The van der Waals surface area contributed by atoms with Crippen LogP contribution in [0.1, 0.15) is 12.5 Å². The van der Waals surface area contributed by atoms with Gasteiger partial charge in [0.15, 0.2) is 23.1 Å². The van der Waals surface area contributed by atoms with E-state index in [1.54, 1.807) is 24.3 Å². The third-order valence-corrected chi connectivity index (χ3v) is 5.76. The van der Waals surface area contributed by atoms with Gasteiger partial charge >= 0.3 is 0 Å². The van der Waals surface area contributed by atoms with Gasteiger partial charge in [-0.2, -0.15) is 0 Å². The Kier molecular flexibility index (Phi) is 5.77. The lowest BCUT2D eigenvalue weighted by atomic mass is 10.1. The Morgan fingerprint density at radius 3 is 2.72 bits per heavy atom. The maximum atomic E-state index is 13.9. The number of aromatic nitrogens is 2. The second kappa shape index (κ2) is 9.00. The predicted molar refractivity (Wildman–Crippen MR) is 118 cm³/mol. The largest absolute Gasteiger partial charge is 0.486 e. The van der Waals surface area contributed by atoms with Crippen molar-refractivity contribution in [3.63, 3.8) is 0 Å². The van der Waals surface area contributed by atoms with Crippen LogP contribution < -0.4 is 19.1 Å². The number of nitrogens with zero attached hydrogens (tertiary/aromatic N) is 4. The molecule has 0 radical (unpaired) electrons. The van der Waals surface area contributed by atoms with Crippen molar-refractivity contribution in [1.82, 2.24) is 14.9 Å². The van der Waals surface area contributed by atoms with Crippen LogP contribution in [0, 0.1) is 5.82 Å². The first kappa shape index (κ1) is 20.5. The lowest BCUT2D eigenvalue weighted by molar-refractivity contribution is 0.168. The number of rotatable bonds is 5. The molecule has 3 aromatic rings. The topological polar surface area (TPSA) is 60.0 Å². The summed E-state index contributed by atoms with van der Waals surface area (Å²) >= 11 is 0. The minimum Gasteiger partial charge on any atom is -0.486 e. The number of anilines is 1. The molecule has 1 atom stereocenters. The Morgan fingerprint density at radius 1 is 1.03 bits per heavy atom. The zero-order chi connectivity index (χ0) is 21.9. The van der Waals surface area contributed by atoms with Crippen LogP contribution in [0.4, 0.5) is 10.2 Å². The third-order valence-electron chi connectivity index (χ3n) is 5.76. The molecule has 0 saturated carbocycles. The molecule has 8 heteroatoms. The summed E-state index contributed by atoms with van der Waals surface area (Å²) in [4.78, 5) is 13.2. The molecule has 5 rings (SSSR count). The first-order chi connectivity index (χ1) is 15.7. The molecule has 0 N–H and O–H groups in total. The standard InChI is InChI=1S/C24H25FN4O3/c1-17-14-29(23-13-24(27-16-26-23)32-20-5-3-2-4-19(20)25)9-8-28(17)15-18-6-7-21-22(12-18)31-11-10-30-21/h2-7,12-13,16-17H,8-11,14-15H2,1H3. The van der Waals surface area contributed by atoms with Crippen LogP contribution in [0.3, 0.4) is 0 Å². The summed E-state index contributed by atoms with van der Waals surface area (Å²) in [5.41, 5.74) is 1.21. The summed E-state index contributed by atoms with van der Waals surface area (Å²) < 4.78 is 30.9. The molecule has 1 aromatic heterocycles. The van der Waals surface area contributed by atoms with E-state index in [0.29, 0.717) is 25.1 Å². The SMILES string of the molecule is CC1CN(c2cc(Oc3ccccc3F)ncn2)CCN1Cc1ccc2c(c1)OCCO2. The third kappa shape index (κ3) is 4.45. The summed E-state index contributed by atoms with van der Waals surface area (Å²) in [5, 5.41) is 0. The van der Waals surface area contributed by atoms with Gasteiger partial charge in [0.05, 0.1) is 0 Å². The average molecular weight is 436 g/mol. The number of piperazine rings is 1. The van der Waals surface area contributed by atoms with E-state index in [2.05, 4.69) is 38.8 Å². The van der Waals surface area contributed by atoms with Gasteiger partial charge in [0.1, 0.15) is 25.4 Å². The van der Waals surface area contributed by atoms with Crippen LogP contribution in [-0.4, -0.2) is 53.8 Å². The lowest BCUT2D eigenvalue weighted by Crippen LogP contribution is -2.51. The highest BCUT2D eigenvalue weighted by molar-refractivity contribution is 5.45. The van der Waals surface area contributed by atoms with E-state index in [4.69, 9.17) is 14.2 Å². The van der Waals surface area contributed by atoms with Crippen molar-refractivity contribution < 1.29 is 18.6 Å². The molecule has 7 nitrogen and oxygen atoms in total. The van der Waals surface area contributed by atoms with Gasteiger partial charge in [-0.3, -0.25) is 4.90 Å². The van der Waals surface area contributed by atoms with Gasteiger partial charge < -0.3 is 19.1 Å². The Morgan fingerprint density at radius 2 is 1.88 bits per heavy atom. The molecule has 0 bridgehead atoms. The second-order valence-corrected chi connectivity index (χ2v) is 7.99. The number of ether oxygens (including phenoxy) is 3. The minimum absolute atomic E-state index is 0.148.